The minimum absolute atomic E-state index is 0. The second kappa shape index (κ2) is 9.83. The van der Waals surface area contributed by atoms with Gasteiger partial charge in [0.05, 0.1) is 4.92 Å². The van der Waals surface area contributed by atoms with E-state index in [2.05, 4.69) is 10.6 Å². The Bertz CT molecular complexity index is 467. The van der Waals surface area contributed by atoms with Crippen molar-refractivity contribution >= 4 is 23.4 Å². The molecular formula is C9H10KN3O6. The van der Waals surface area contributed by atoms with Crippen LogP contribution in [0, 0.1) is 10.1 Å². The van der Waals surface area contributed by atoms with E-state index < -0.39 is 23.5 Å². The molecule has 0 bridgehead atoms. The number of hydrogen-bond acceptors (Lipinski definition) is 5. The molecule has 2 amide bonds. The molecule has 0 atom stereocenters. The van der Waals surface area contributed by atoms with Crippen LogP contribution >= 0.6 is 0 Å². The van der Waals surface area contributed by atoms with Crippen molar-refractivity contribution < 1.29 is 76.5 Å². The number of carboxylic acid groups (broad SMARTS) is 1. The number of carbonyl (C=O) groups is 2. The van der Waals surface area contributed by atoms with Gasteiger partial charge in [0.1, 0.15) is 6.54 Å². The van der Waals surface area contributed by atoms with Crippen LogP contribution in [0.25, 0.3) is 0 Å². The van der Waals surface area contributed by atoms with Crippen LogP contribution in [0.1, 0.15) is 0 Å². The van der Waals surface area contributed by atoms with Crippen molar-refractivity contribution in [3.8, 4) is 0 Å². The summed E-state index contributed by atoms with van der Waals surface area (Å²) < 4.78 is 0. The fraction of sp³-hybridized carbons (Fsp3) is 0.111. The quantitative estimate of drug-likeness (QED) is 0.320. The number of rotatable bonds is 4. The van der Waals surface area contributed by atoms with E-state index in [1.165, 1.54) is 24.3 Å². The maximum absolute atomic E-state index is 11.1. The van der Waals surface area contributed by atoms with E-state index in [-0.39, 0.29) is 68.2 Å². The summed E-state index contributed by atoms with van der Waals surface area (Å²) >= 11 is 0. The summed E-state index contributed by atoms with van der Waals surface area (Å²) in [6.45, 7) is -0.527. The number of non-ortho nitro benzene ring substituents is 1. The Morgan fingerprint density at radius 2 is 2.00 bits per heavy atom. The Morgan fingerprint density at radius 1 is 1.37 bits per heavy atom. The van der Waals surface area contributed by atoms with Crippen LogP contribution < -0.4 is 62.0 Å². The molecule has 0 fully saturated rings. The van der Waals surface area contributed by atoms with Crippen molar-refractivity contribution in [1.82, 2.24) is 5.32 Å². The molecule has 19 heavy (non-hydrogen) atoms. The number of nitrogens with zero attached hydrogens (tertiary/aromatic N) is 1. The van der Waals surface area contributed by atoms with Crippen molar-refractivity contribution in [1.29, 1.82) is 0 Å². The van der Waals surface area contributed by atoms with Gasteiger partial charge in [-0.25, -0.2) is 4.79 Å². The van der Waals surface area contributed by atoms with Gasteiger partial charge in [0.2, 0.25) is 0 Å². The topological polar surface area (TPSA) is 152 Å². The van der Waals surface area contributed by atoms with E-state index >= 15 is 0 Å². The molecule has 0 spiro atoms. The molecule has 98 valence electrons. The number of nitro groups is 1. The molecule has 0 aliphatic carbocycles. The second-order valence-electron chi connectivity index (χ2n) is 3.01. The van der Waals surface area contributed by atoms with E-state index in [1.54, 1.807) is 0 Å². The third kappa shape index (κ3) is 7.87. The summed E-state index contributed by atoms with van der Waals surface area (Å²) in [5, 5.41) is 23.1. The molecule has 4 N–H and O–H groups in total. The molecule has 10 heteroatoms. The number of carboxylic acids is 1. The molecular weight excluding hydrogens is 285 g/mol. The van der Waals surface area contributed by atoms with Gasteiger partial charge >= 0.3 is 63.4 Å². The first kappa shape index (κ1) is 20.3. The Kier molecular flexibility index (Phi) is 10.5. The molecule has 1 aromatic carbocycles. The standard InChI is InChI=1S/C9H9N3O5.K.H2O/c13-8(14)5-10-9(15)11-6-2-1-3-7(4-6)12(16)17;;/h1-4H,5H2,(H,13,14)(H2,10,11,15);;1H2/q;+1;/p-1. The van der Waals surface area contributed by atoms with E-state index in [1.807, 2.05) is 0 Å². The van der Waals surface area contributed by atoms with Gasteiger partial charge in [-0.3, -0.25) is 14.9 Å². The molecule has 1 aromatic rings. The minimum Gasteiger partial charge on any atom is -0.870 e. The van der Waals surface area contributed by atoms with Gasteiger partial charge in [0.25, 0.3) is 5.69 Å². The van der Waals surface area contributed by atoms with Gasteiger partial charge in [0.15, 0.2) is 0 Å². The molecule has 0 saturated heterocycles. The first-order chi connectivity index (χ1) is 7.99. The molecule has 0 unspecified atom stereocenters. The average Bonchev–Trinajstić information content (AvgIpc) is 2.26. The van der Waals surface area contributed by atoms with Crippen LogP contribution in [0.5, 0.6) is 0 Å². The summed E-state index contributed by atoms with van der Waals surface area (Å²) in [5.74, 6) is -1.18. The smallest absolute Gasteiger partial charge is 0.870 e. The van der Waals surface area contributed by atoms with E-state index in [4.69, 9.17) is 5.11 Å². The predicted octanol–water partition coefficient (Wildman–Crippen LogP) is -2.37. The Morgan fingerprint density at radius 3 is 2.53 bits per heavy atom. The number of aliphatic carboxylic acids is 1. The number of carbonyl (C=O) groups excluding carboxylic acids is 1. The predicted molar refractivity (Wildman–Crippen MR) is 59.7 cm³/mol. The van der Waals surface area contributed by atoms with E-state index in [0.717, 1.165) is 0 Å². The van der Waals surface area contributed by atoms with Crippen LogP contribution in [-0.4, -0.2) is 34.1 Å². The molecule has 0 aliphatic heterocycles. The molecule has 0 saturated carbocycles. The molecule has 1 rings (SSSR count). The number of benzene rings is 1. The fourth-order valence-corrected chi connectivity index (χ4v) is 1.03. The Labute approximate surface area is 150 Å². The van der Waals surface area contributed by atoms with Gasteiger partial charge in [-0.15, -0.1) is 0 Å². The minimum atomic E-state index is -1.18. The maximum atomic E-state index is 11.1. The summed E-state index contributed by atoms with van der Waals surface area (Å²) in [6, 6.07) is 4.56. The summed E-state index contributed by atoms with van der Waals surface area (Å²) in [7, 11) is 0. The third-order valence-corrected chi connectivity index (χ3v) is 1.72. The molecule has 0 radical (unpaired) electrons. The van der Waals surface area contributed by atoms with E-state index in [0.29, 0.717) is 0 Å². The average molecular weight is 295 g/mol. The number of urea groups is 1. The van der Waals surface area contributed by atoms with Gasteiger partial charge in [-0.2, -0.15) is 0 Å². The zero-order valence-electron chi connectivity index (χ0n) is 9.99. The van der Waals surface area contributed by atoms with Gasteiger partial charge in [-0.05, 0) is 6.07 Å². The van der Waals surface area contributed by atoms with Gasteiger partial charge in [-0.1, -0.05) is 6.07 Å². The first-order valence-electron chi connectivity index (χ1n) is 4.50. The SMILES string of the molecule is O=C(O)CNC(=O)Nc1cccc([N+](=O)[O-])c1.[K+].[OH-]. The number of nitro benzene ring substituents is 1. The first-order valence-corrected chi connectivity index (χ1v) is 4.50. The van der Waals surface area contributed by atoms with Crippen molar-refractivity contribution in [2.45, 2.75) is 0 Å². The fourth-order valence-electron chi connectivity index (χ4n) is 1.03. The number of amides is 2. The van der Waals surface area contributed by atoms with Crippen LogP contribution in [0.4, 0.5) is 16.2 Å². The summed E-state index contributed by atoms with van der Waals surface area (Å²) in [5.41, 5.74) is 0.0446. The second-order valence-corrected chi connectivity index (χ2v) is 3.01. The zero-order valence-corrected chi connectivity index (χ0v) is 13.1. The van der Waals surface area contributed by atoms with Gasteiger partial charge < -0.3 is 21.2 Å². The van der Waals surface area contributed by atoms with Crippen LogP contribution in [0.15, 0.2) is 24.3 Å². The Hall–Kier alpha value is -1.04. The molecule has 9 nitrogen and oxygen atoms in total. The molecule has 0 aromatic heterocycles. The summed E-state index contributed by atoms with van der Waals surface area (Å²) in [4.78, 5) is 31.2. The van der Waals surface area contributed by atoms with Crippen LogP contribution in [0.3, 0.4) is 0 Å². The summed E-state index contributed by atoms with van der Waals surface area (Å²) in [6.07, 6.45) is 0. The largest absolute Gasteiger partial charge is 1.00 e. The number of hydrogen-bond donors (Lipinski definition) is 3. The van der Waals surface area contributed by atoms with Gasteiger partial charge in [0, 0.05) is 17.8 Å². The van der Waals surface area contributed by atoms with Crippen molar-refractivity contribution in [3.63, 3.8) is 0 Å². The third-order valence-electron chi connectivity index (χ3n) is 1.72. The molecule has 0 aliphatic rings. The van der Waals surface area contributed by atoms with Crippen molar-refractivity contribution in [3.05, 3.63) is 34.4 Å². The molecule has 0 heterocycles. The number of nitrogens with one attached hydrogen (secondary N) is 2. The van der Waals surface area contributed by atoms with Crippen LogP contribution in [0.2, 0.25) is 0 Å². The van der Waals surface area contributed by atoms with E-state index in [9.17, 15) is 19.7 Å². The van der Waals surface area contributed by atoms with Crippen LogP contribution in [-0.2, 0) is 4.79 Å². The van der Waals surface area contributed by atoms with Crippen molar-refractivity contribution in [2.24, 2.45) is 0 Å². The Balaban J connectivity index is 0. The number of anilines is 1. The zero-order chi connectivity index (χ0) is 12.8. The monoisotopic (exact) mass is 295 g/mol. The normalized spacial score (nSPS) is 8.42. The van der Waals surface area contributed by atoms with Crippen molar-refractivity contribution in [2.75, 3.05) is 11.9 Å². The maximum Gasteiger partial charge on any atom is 1.00 e.